The predicted octanol–water partition coefficient (Wildman–Crippen LogP) is 4.02. The van der Waals surface area contributed by atoms with Crippen molar-refractivity contribution in [3.8, 4) is 27.9 Å². The fourth-order valence-electron chi connectivity index (χ4n) is 4.49. The highest BCUT2D eigenvalue weighted by atomic mass is 35.5. The summed E-state index contributed by atoms with van der Waals surface area (Å²) in [5.74, 6) is -0.959. The fraction of sp³-hybridized carbons (Fsp3) is 0.200. The zero-order valence-electron chi connectivity index (χ0n) is 19.8. The minimum absolute atomic E-state index is 0.0744. The summed E-state index contributed by atoms with van der Waals surface area (Å²) in [5, 5.41) is 26.6. The number of hydrogen-bond donors (Lipinski definition) is 2. The molecule has 0 radical (unpaired) electrons. The molecule has 38 heavy (non-hydrogen) atoms. The Kier molecular flexibility index (Phi) is 5.95. The molecule has 0 amide bonds. The highest BCUT2D eigenvalue weighted by Crippen LogP contribution is 2.39. The van der Waals surface area contributed by atoms with Gasteiger partial charge >= 0.3 is 0 Å². The van der Waals surface area contributed by atoms with Crippen LogP contribution in [0.25, 0.3) is 27.9 Å². The molecule has 4 heterocycles. The molecular weight excluding hydrogens is 516 g/mol. The molecule has 1 fully saturated rings. The first kappa shape index (κ1) is 23.9. The number of hydrogen-bond acceptors (Lipinski definition) is 7. The molecule has 1 atom stereocenters. The zero-order valence-corrected chi connectivity index (χ0v) is 20.5. The first-order valence-electron chi connectivity index (χ1n) is 11.8. The molecule has 5 aromatic rings. The van der Waals surface area contributed by atoms with Gasteiger partial charge in [-0.25, -0.2) is 13.8 Å². The van der Waals surface area contributed by atoms with Crippen molar-refractivity contribution in [1.82, 2.24) is 35.0 Å². The third-order valence-corrected chi connectivity index (χ3v) is 6.93. The lowest BCUT2D eigenvalue weighted by atomic mass is 10.0. The van der Waals surface area contributed by atoms with Gasteiger partial charge in [0.05, 0.1) is 28.0 Å². The van der Waals surface area contributed by atoms with Crippen LogP contribution in [0.1, 0.15) is 31.0 Å². The summed E-state index contributed by atoms with van der Waals surface area (Å²) in [6, 6.07) is 7.42. The van der Waals surface area contributed by atoms with Crippen molar-refractivity contribution in [2.75, 3.05) is 5.73 Å². The number of halogens is 3. The van der Waals surface area contributed by atoms with Crippen molar-refractivity contribution >= 4 is 17.4 Å². The van der Waals surface area contributed by atoms with E-state index in [1.165, 1.54) is 35.5 Å². The Hall–Kier alpha value is -4.45. The Balaban J connectivity index is 1.39. The van der Waals surface area contributed by atoms with E-state index in [0.29, 0.717) is 34.0 Å². The second kappa shape index (κ2) is 9.45. The molecule has 1 saturated carbocycles. The number of rotatable bonds is 7. The Bertz CT molecular complexity index is 1640. The smallest absolute Gasteiger partial charge is 0.258 e. The van der Waals surface area contributed by atoms with E-state index in [4.69, 9.17) is 17.3 Å². The van der Waals surface area contributed by atoms with Gasteiger partial charge in [0.25, 0.3) is 5.69 Å². The van der Waals surface area contributed by atoms with Gasteiger partial charge in [0.1, 0.15) is 12.4 Å². The van der Waals surface area contributed by atoms with Crippen LogP contribution in [0.15, 0.2) is 61.4 Å². The number of benzene rings is 1. The zero-order chi connectivity index (χ0) is 26.4. The summed E-state index contributed by atoms with van der Waals surface area (Å²) in [5.41, 5.74) is 8.11. The molecular formula is C25H21ClF2N9O+. The average Bonchev–Trinajstić information content (AvgIpc) is 3.34. The highest BCUT2D eigenvalue weighted by Gasteiger charge is 2.34. The molecule has 10 nitrogen and oxygen atoms in total. The third-order valence-electron chi connectivity index (χ3n) is 6.64. The third kappa shape index (κ3) is 4.43. The molecule has 0 spiro atoms. The van der Waals surface area contributed by atoms with Crippen LogP contribution in [0, 0.1) is 17.6 Å². The molecule has 0 bridgehead atoms. The predicted molar refractivity (Wildman–Crippen MR) is 132 cm³/mol. The van der Waals surface area contributed by atoms with Crippen LogP contribution >= 0.6 is 11.6 Å². The van der Waals surface area contributed by atoms with Crippen LogP contribution in [0.2, 0.25) is 5.02 Å². The minimum Gasteiger partial charge on any atom is -0.381 e. The quantitative estimate of drug-likeness (QED) is 0.238. The number of nitrogen functional groups attached to an aromatic ring is 1. The standard InChI is InChI=1S/C25H21ClF2N9O/c26-18-4-6-21(36-13-31-33-34-36)23(24(18)28)15-3-5-20(37(38)12-15)22(7-14-1-2-14)35-11-17(10-32-35)16-8-19(27)25(29)30-9-16/h3-6,8-14,22,38H,1-2,7H2,(H2,29,30)/q+1/t22-/m1/s1. The van der Waals surface area contributed by atoms with E-state index < -0.39 is 11.6 Å². The topological polar surface area (TPSA) is 124 Å². The SMILES string of the molecule is Nc1ncc(-c2cnn([C@H](CC3CC3)c3ccc(-c4c(-n5cnnn5)ccc(Cl)c4F)c[n+]3O)c2)cc1F. The first-order chi connectivity index (χ1) is 18.4. The number of nitrogens with zero attached hydrogens (tertiary/aromatic N) is 8. The molecule has 0 unspecified atom stereocenters. The first-order valence-corrected chi connectivity index (χ1v) is 12.2. The maximum Gasteiger partial charge on any atom is 0.258 e. The monoisotopic (exact) mass is 536 g/mol. The van der Waals surface area contributed by atoms with Crippen LogP contribution in [0.4, 0.5) is 14.6 Å². The van der Waals surface area contributed by atoms with Crippen LogP contribution in [-0.4, -0.2) is 40.2 Å². The van der Waals surface area contributed by atoms with Gasteiger partial charge in [-0.2, -0.15) is 9.78 Å². The number of nitrogens with two attached hydrogens (primary N) is 1. The molecule has 0 saturated heterocycles. The Morgan fingerprint density at radius 2 is 1.97 bits per heavy atom. The molecule has 0 aliphatic heterocycles. The molecule has 4 aromatic heterocycles. The highest BCUT2D eigenvalue weighted by molar-refractivity contribution is 6.31. The van der Waals surface area contributed by atoms with E-state index in [9.17, 15) is 9.60 Å². The summed E-state index contributed by atoms with van der Waals surface area (Å²) in [4.78, 5) is 3.88. The van der Waals surface area contributed by atoms with Crippen molar-refractivity contribution < 1.29 is 18.7 Å². The van der Waals surface area contributed by atoms with Crippen molar-refractivity contribution in [3.63, 3.8) is 0 Å². The van der Waals surface area contributed by atoms with E-state index in [-0.39, 0.29) is 22.4 Å². The molecule has 3 N–H and O–H groups in total. The van der Waals surface area contributed by atoms with Crippen molar-refractivity contribution in [3.05, 3.63) is 83.8 Å². The summed E-state index contributed by atoms with van der Waals surface area (Å²) in [7, 11) is 0. The Morgan fingerprint density at radius 3 is 2.68 bits per heavy atom. The maximum atomic E-state index is 15.2. The van der Waals surface area contributed by atoms with Gasteiger partial charge in [0.2, 0.25) is 6.20 Å². The lowest BCUT2D eigenvalue weighted by molar-refractivity contribution is -0.910. The van der Waals surface area contributed by atoms with Gasteiger partial charge in [-0.15, -0.1) is 5.10 Å². The van der Waals surface area contributed by atoms with Crippen molar-refractivity contribution in [1.29, 1.82) is 0 Å². The lowest BCUT2D eigenvalue weighted by Crippen LogP contribution is -2.38. The number of pyridine rings is 2. The van der Waals surface area contributed by atoms with Crippen molar-refractivity contribution in [2.45, 2.75) is 25.3 Å². The van der Waals surface area contributed by atoms with Crippen LogP contribution in [-0.2, 0) is 0 Å². The van der Waals surface area contributed by atoms with E-state index >= 15 is 4.39 Å². The summed E-state index contributed by atoms with van der Waals surface area (Å²) >= 11 is 6.08. The van der Waals surface area contributed by atoms with E-state index in [2.05, 4.69) is 25.6 Å². The van der Waals surface area contributed by atoms with Gasteiger partial charge in [-0.3, -0.25) is 9.89 Å². The van der Waals surface area contributed by atoms with E-state index in [1.807, 2.05) is 0 Å². The number of tetrazole rings is 1. The second-order valence-corrected chi connectivity index (χ2v) is 9.60. The molecule has 1 aromatic carbocycles. The number of aromatic nitrogens is 8. The molecule has 1 aliphatic rings. The largest absolute Gasteiger partial charge is 0.381 e. The average molecular weight is 537 g/mol. The van der Waals surface area contributed by atoms with Crippen molar-refractivity contribution in [2.24, 2.45) is 5.92 Å². The van der Waals surface area contributed by atoms with Gasteiger partial charge < -0.3 is 5.73 Å². The Labute approximate surface area is 219 Å². The maximum absolute atomic E-state index is 15.2. The van der Waals surface area contributed by atoms with Gasteiger partial charge in [-0.05, 0) is 47.0 Å². The van der Waals surface area contributed by atoms with Gasteiger partial charge in [-0.1, -0.05) is 24.4 Å². The molecule has 6 rings (SSSR count). The summed E-state index contributed by atoms with van der Waals surface area (Å²) < 4.78 is 33.2. The molecule has 13 heteroatoms. The van der Waals surface area contributed by atoms with Crippen LogP contribution in [0.5, 0.6) is 0 Å². The second-order valence-electron chi connectivity index (χ2n) is 9.19. The number of anilines is 1. The lowest BCUT2D eigenvalue weighted by Gasteiger charge is -2.15. The fourth-order valence-corrected chi connectivity index (χ4v) is 4.65. The Morgan fingerprint density at radius 1 is 1.13 bits per heavy atom. The van der Waals surface area contributed by atoms with Gasteiger partial charge in [0, 0.05) is 34.3 Å². The van der Waals surface area contributed by atoms with Crippen LogP contribution < -0.4 is 10.5 Å². The summed E-state index contributed by atoms with van der Waals surface area (Å²) in [6.07, 6.45) is 10.5. The van der Waals surface area contributed by atoms with Crippen LogP contribution in [0.3, 0.4) is 0 Å². The van der Waals surface area contributed by atoms with E-state index in [1.54, 1.807) is 35.3 Å². The molecule has 192 valence electrons. The normalized spacial score (nSPS) is 14.1. The van der Waals surface area contributed by atoms with E-state index in [0.717, 1.165) is 24.0 Å². The molecule has 1 aliphatic carbocycles. The van der Waals surface area contributed by atoms with Gasteiger partial charge in [0.15, 0.2) is 17.5 Å². The summed E-state index contributed by atoms with van der Waals surface area (Å²) in [6.45, 7) is 0. The minimum atomic E-state index is -0.664.